The van der Waals surface area contributed by atoms with Crippen molar-refractivity contribution in [1.82, 2.24) is 4.31 Å². The Morgan fingerprint density at radius 3 is 2.62 bits per heavy atom. The molecule has 1 aliphatic rings. The Balaban J connectivity index is 2.47. The fourth-order valence-corrected chi connectivity index (χ4v) is 4.13. The van der Waals surface area contributed by atoms with Crippen LogP contribution in [0.1, 0.15) is 28.8 Å². The molecule has 0 radical (unpaired) electrons. The summed E-state index contributed by atoms with van der Waals surface area (Å²) in [7, 11) is -3.94. The quantitative estimate of drug-likeness (QED) is 0.830. The number of nitrogens with zero attached hydrogens (tertiary/aromatic N) is 1. The number of aromatic carboxylic acids is 1. The average Bonchev–Trinajstić information content (AvgIpc) is 2.88. The lowest BCUT2D eigenvalue weighted by Gasteiger charge is -2.22. The van der Waals surface area contributed by atoms with Gasteiger partial charge in [-0.1, -0.05) is 6.07 Å². The summed E-state index contributed by atoms with van der Waals surface area (Å²) in [6.07, 6.45) is 0.927. The number of carbonyl (C=O) groups excluding carboxylic acids is 1. The third kappa shape index (κ3) is 2.77. The van der Waals surface area contributed by atoms with Gasteiger partial charge in [-0.15, -0.1) is 0 Å². The molecule has 1 atom stereocenters. The molecule has 0 spiro atoms. The van der Waals surface area contributed by atoms with E-state index in [4.69, 9.17) is 10.8 Å². The number of sulfonamides is 1. The molecular formula is C13H16N2O5S. The standard InChI is InChI=1S/C13H16N2O5S/c1-8-4-5-9(7-10(8)13(17)18)21(19,20)15-6-2-3-11(15)12(14)16/h4-5,7,11H,2-3,6H2,1H3,(H2,14,16)(H,17,18). The lowest BCUT2D eigenvalue weighted by atomic mass is 10.1. The Bertz CT molecular complexity index is 699. The number of aryl methyl sites for hydroxylation is 1. The number of carbonyl (C=O) groups is 2. The van der Waals surface area contributed by atoms with Crippen molar-refractivity contribution in [1.29, 1.82) is 0 Å². The van der Waals surface area contributed by atoms with Crippen molar-refractivity contribution in [3.05, 3.63) is 29.3 Å². The molecule has 1 saturated heterocycles. The molecule has 1 aromatic carbocycles. The van der Waals surface area contributed by atoms with Gasteiger partial charge in [-0.25, -0.2) is 13.2 Å². The predicted molar refractivity (Wildman–Crippen MR) is 74.2 cm³/mol. The van der Waals surface area contributed by atoms with Gasteiger partial charge in [-0.3, -0.25) is 4.79 Å². The number of primary amides is 1. The number of benzene rings is 1. The minimum atomic E-state index is -3.94. The SMILES string of the molecule is Cc1ccc(S(=O)(=O)N2CCCC2C(N)=O)cc1C(=O)O. The zero-order valence-electron chi connectivity index (χ0n) is 11.4. The summed E-state index contributed by atoms with van der Waals surface area (Å²) in [6, 6.07) is 3.02. The number of carboxylic acid groups (broad SMARTS) is 1. The van der Waals surface area contributed by atoms with E-state index in [2.05, 4.69) is 0 Å². The summed E-state index contributed by atoms with van der Waals surface area (Å²) in [5.74, 6) is -1.89. The largest absolute Gasteiger partial charge is 0.478 e. The van der Waals surface area contributed by atoms with Crippen molar-refractivity contribution in [2.24, 2.45) is 5.73 Å². The molecule has 8 heteroatoms. The number of amides is 1. The average molecular weight is 312 g/mol. The van der Waals surface area contributed by atoms with E-state index in [-0.39, 0.29) is 17.0 Å². The van der Waals surface area contributed by atoms with Gasteiger partial charge in [0.25, 0.3) is 0 Å². The zero-order chi connectivity index (χ0) is 15.8. The van der Waals surface area contributed by atoms with Crippen LogP contribution in [0.3, 0.4) is 0 Å². The maximum absolute atomic E-state index is 12.6. The van der Waals surface area contributed by atoms with Crippen molar-refractivity contribution in [2.75, 3.05) is 6.54 Å². The molecule has 1 heterocycles. The van der Waals surface area contributed by atoms with Crippen molar-refractivity contribution in [3.8, 4) is 0 Å². The lowest BCUT2D eigenvalue weighted by Crippen LogP contribution is -2.43. The Morgan fingerprint density at radius 2 is 2.05 bits per heavy atom. The second-order valence-corrected chi connectivity index (χ2v) is 6.85. The van der Waals surface area contributed by atoms with Crippen LogP contribution in [-0.4, -0.2) is 42.3 Å². The smallest absolute Gasteiger partial charge is 0.335 e. The Kier molecular flexibility index (Phi) is 4.02. The first-order valence-corrected chi connectivity index (χ1v) is 7.84. The van der Waals surface area contributed by atoms with E-state index < -0.39 is 27.9 Å². The molecule has 0 saturated carbocycles. The van der Waals surface area contributed by atoms with Gasteiger partial charge in [-0.2, -0.15) is 4.31 Å². The molecule has 21 heavy (non-hydrogen) atoms. The maximum Gasteiger partial charge on any atom is 0.335 e. The molecule has 1 amide bonds. The topological polar surface area (TPSA) is 118 Å². The van der Waals surface area contributed by atoms with E-state index in [0.717, 1.165) is 10.4 Å². The summed E-state index contributed by atoms with van der Waals surface area (Å²) < 4.78 is 26.2. The molecular weight excluding hydrogens is 296 g/mol. The summed E-state index contributed by atoms with van der Waals surface area (Å²) in [5.41, 5.74) is 5.62. The summed E-state index contributed by atoms with van der Waals surface area (Å²) >= 11 is 0. The van der Waals surface area contributed by atoms with E-state index in [1.807, 2.05) is 0 Å². The van der Waals surface area contributed by atoms with Gasteiger partial charge in [0.1, 0.15) is 6.04 Å². The van der Waals surface area contributed by atoms with E-state index in [0.29, 0.717) is 18.4 Å². The minimum absolute atomic E-state index is 0.0779. The number of hydrogen-bond donors (Lipinski definition) is 2. The molecule has 1 unspecified atom stereocenters. The fraction of sp³-hybridized carbons (Fsp3) is 0.385. The van der Waals surface area contributed by atoms with Crippen LogP contribution in [0.25, 0.3) is 0 Å². The van der Waals surface area contributed by atoms with Crippen molar-refractivity contribution in [2.45, 2.75) is 30.7 Å². The Morgan fingerprint density at radius 1 is 1.38 bits per heavy atom. The second kappa shape index (κ2) is 5.45. The van der Waals surface area contributed by atoms with Gasteiger partial charge in [0.15, 0.2) is 0 Å². The highest BCUT2D eigenvalue weighted by atomic mass is 32.2. The van der Waals surface area contributed by atoms with Crippen LogP contribution in [0, 0.1) is 6.92 Å². The highest BCUT2D eigenvalue weighted by Crippen LogP contribution is 2.27. The third-order valence-electron chi connectivity index (χ3n) is 3.58. The van der Waals surface area contributed by atoms with Crippen LogP contribution < -0.4 is 5.73 Å². The molecule has 1 aromatic rings. The molecule has 0 aromatic heterocycles. The van der Waals surface area contributed by atoms with Gasteiger partial charge in [-0.05, 0) is 37.5 Å². The highest BCUT2D eigenvalue weighted by molar-refractivity contribution is 7.89. The van der Waals surface area contributed by atoms with Gasteiger partial charge in [0.05, 0.1) is 10.5 Å². The predicted octanol–water partition coefficient (Wildman–Crippen LogP) is 0.332. The van der Waals surface area contributed by atoms with Crippen LogP contribution in [0.4, 0.5) is 0 Å². The minimum Gasteiger partial charge on any atom is -0.478 e. The number of nitrogens with two attached hydrogens (primary N) is 1. The normalized spacial score (nSPS) is 19.6. The van der Waals surface area contributed by atoms with E-state index in [1.54, 1.807) is 6.92 Å². The summed E-state index contributed by atoms with van der Waals surface area (Å²) in [6.45, 7) is 1.79. The molecule has 0 aliphatic carbocycles. The molecule has 114 valence electrons. The van der Waals surface area contributed by atoms with Crippen LogP contribution in [-0.2, 0) is 14.8 Å². The fourth-order valence-electron chi connectivity index (χ4n) is 2.44. The first-order valence-electron chi connectivity index (χ1n) is 6.40. The van der Waals surface area contributed by atoms with Crippen molar-refractivity contribution < 1.29 is 23.1 Å². The number of hydrogen-bond acceptors (Lipinski definition) is 4. The van der Waals surface area contributed by atoms with Gasteiger partial charge in [0.2, 0.25) is 15.9 Å². The monoisotopic (exact) mass is 312 g/mol. The molecule has 7 nitrogen and oxygen atoms in total. The third-order valence-corrected chi connectivity index (χ3v) is 5.48. The molecule has 3 N–H and O–H groups in total. The highest BCUT2D eigenvalue weighted by Gasteiger charge is 2.38. The Hall–Kier alpha value is -1.93. The van der Waals surface area contributed by atoms with Crippen LogP contribution in [0.5, 0.6) is 0 Å². The first kappa shape index (κ1) is 15.5. The molecule has 1 fully saturated rings. The van der Waals surface area contributed by atoms with Gasteiger partial charge < -0.3 is 10.8 Å². The molecule has 1 aliphatic heterocycles. The van der Waals surface area contributed by atoms with Crippen molar-refractivity contribution in [3.63, 3.8) is 0 Å². The van der Waals surface area contributed by atoms with E-state index in [1.165, 1.54) is 12.1 Å². The lowest BCUT2D eigenvalue weighted by molar-refractivity contribution is -0.121. The van der Waals surface area contributed by atoms with Crippen LogP contribution in [0.15, 0.2) is 23.1 Å². The van der Waals surface area contributed by atoms with E-state index >= 15 is 0 Å². The second-order valence-electron chi connectivity index (χ2n) is 4.96. The van der Waals surface area contributed by atoms with Crippen LogP contribution in [0.2, 0.25) is 0 Å². The number of carboxylic acids is 1. The van der Waals surface area contributed by atoms with Gasteiger partial charge in [0, 0.05) is 6.54 Å². The van der Waals surface area contributed by atoms with Crippen molar-refractivity contribution >= 4 is 21.9 Å². The Labute approximate surface area is 122 Å². The molecule has 2 rings (SSSR count). The van der Waals surface area contributed by atoms with Gasteiger partial charge >= 0.3 is 5.97 Å². The summed E-state index contributed by atoms with van der Waals surface area (Å²) in [5, 5.41) is 9.08. The number of rotatable bonds is 4. The van der Waals surface area contributed by atoms with E-state index in [9.17, 15) is 18.0 Å². The zero-order valence-corrected chi connectivity index (χ0v) is 12.3. The van der Waals surface area contributed by atoms with Crippen LogP contribution >= 0.6 is 0 Å². The molecule has 0 bridgehead atoms. The maximum atomic E-state index is 12.6. The first-order chi connectivity index (χ1) is 9.75. The summed E-state index contributed by atoms with van der Waals surface area (Å²) in [4.78, 5) is 22.3.